The number of nitrogens with one attached hydrogen (secondary N) is 2. The molecule has 7 heteroatoms. The van der Waals surface area contributed by atoms with Crippen LogP contribution >= 0.6 is 0 Å². The van der Waals surface area contributed by atoms with Crippen LogP contribution in [0.2, 0.25) is 0 Å². The molecule has 2 N–H and O–H groups in total. The van der Waals surface area contributed by atoms with Gasteiger partial charge in [0, 0.05) is 28.8 Å². The van der Waals surface area contributed by atoms with Gasteiger partial charge in [0.15, 0.2) is 0 Å². The van der Waals surface area contributed by atoms with Crippen LogP contribution in [0.3, 0.4) is 0 Å². The fourth-order valence-electron chi connectivity index (χ4n) is 4.99. The van der Waals surface area contributed by atoms with E-state index in [1.807, 2.05) is 25.1 Å². The number of carbonyl (C=O) groups is 3. The summed E-state index contributed by atoms with van der Waals surface area (Å²) in [5, 5.41) is 6.79. The molecule has 1 aromatic carbocycles. The maximum atomic E-state index is 13.0. The molecular weight excluding hydrogens is 380 g/mol. The minimum atomic E-state index is -0.839. The summed E-state index contributed by atoms with van der Waals surface area (Å²) in [6.45, 7) is 6.91. The summed E-state index contributed by atoms with van der Waals surface area (Å²) in [5.74, 6) is -0.561. The number of imide groups is 1. The fraction of sp³-hybridized carbons (Fsp3) is 0.522. The molecule has 160 valence electrons. The van der Waals surface area contributed by atoms with Gasteiger partial charge in [0.05, 0.1) is 0 Å². The quantitative estimate of drug-likeness (QED) is 0.736. The molecule has 1 aliphatic carbocycles. The molecule has 2 aromatic rings. The predicted molar refractivity (Wildman–Crippen MR) is 116 cm³/mol. The van der Waals surface area contributed by atoms with Crippen molar-refractivity contribution in [2.24, 2.45) is 5.92 Å². The van der Waals surface area contributed by atoms with E-state index in [-0.39, 0.29) is 24.3 Å². The second-order valence-electron chi connectivity index (χ2n) is 8.70. The molecule has 1 aliphatic heterocycles. The summed E-state index contributed by atoms with van der Waals surface area (Å²) in [4.78, 5) is 39.2. The van der Waals surface area contributed by atoms with Gasteiger partial charge in [0.2, 0.25) is 5.91 Å². The number of anilines is 1. The fourth-order valence-corrected chi connectivity index (χ4v) is 4.99. The van der Waals surface area contributed by atoms with E-state index in [1.54, 1.807) is 0 Å². The normalized spacial score (nSPS) is 24.0. The van der Waals surface area contributed by atoms with E-state index >= 15 is 0 Å². The van der Waals surface area contributed by atoms with E-state index in [0.29, 0.717) is 12.1 Å². The molecule has 1 spiro atoms. The first-order valence-corrected chi connectivity index (χ1v) is 10.9. The highest BCUT2D eigenvalue weighted by Gasteiger charge is 2.55. The molecule has 0 radical (unpaired) electrons. The van der Waals surface area contributed by atoms with Gasteiger partial charge in [-0.2, -0.15) is 0 Å². The van der Waals surface area contributed by atoms with Gasteiger partial charge in [-0.1, -0.05) is 26.7 Å². The Hall–Kier alpha value is -2.83. The van der Waals surface area contributed by atoms with Crippen molar-refractivity contribution in [2.75, 3.05) is 11.9 Å². The summed E-state index contributed by atoms with van der Waals surface area (Å²) < 4.78 is 2.26. The Morgan fingerprint density at radius 3 is 2.80 bits per heavy atom. The molecule has 1 saturated heterocycles. The number of amides is 4. The Kier molecular flexibility index (Phi) is 5.30. The number of aromatic nitrogens is 1. The van der Waals surface area contributed by atoms with Crippen LogP contribution in [0.4, 0.5) is 10.5 Å². The molecule has 1 saturated carbocycles. The molecule has 0 bridgehead atoms. The van der Waals surface area contributed by atoms with Crippen molar-refractivity contribution in [2.45, 2.75) is 65.0 Å². The Labute approximate surface area is 176 Å². The summed E-state index contributed by atoms with van der Waals surface area (Å²) in [7, 11) is 0. The van der Waals surface area contributed by atoms with Crippen LogP contribution in [0.1, 0.15) is 51.6 Å². The SMILES string of the molecule is CCCn1c(C)cc2cc(NC(=O)CN3C(=O)N[C@]4(CCCC[C@@H]4C)C3=O)ccc21. The van der Waals surface area contributed by atoms with Gasteiger partial charge in [-0.05, 0) is 56.4 Å². The molecule has 1 aromatic heterocycles. The monoisotopic (exact) mass is 410 g/mol. The first-order chi connectivity index (χ1) is 14.4. The average molecular weight is 411 g/mol. The zero-order valence-electron chi connectivity index (χ0n) is 18.0. The number of nitrogens with zero attached hydrogens (tertiary/aromatic N) is 2. The lowest BCUT2D eigenvalue weighted by Gasteiger charge is -2.36. The molecule has 2 atom stereocenters. The van der Waals surface area contributed by atoms with Gasteiger partial charge < -0.3 is 15.2 Å². The van der Waals surface area contributed by atoms with Gasteiger partial charge in [-0.3, -0.25) is 14.5 Å². The number of rotatable bonds is 5. The van der Waals surface area contributed by atoms with Crippen molar-refractivity contribution < 1.29 is 14.4 Å². The molecule has 4 rings (SSSR count). The van der Waals surface area contributed by atoms with Crippen LogP contribution in [0.5, 0.6) is 0 Å². The zero-order valence-corrected chi connectivity index (χ0v) is 18.0. The Morgan fingerprint density at radius 1 is 1.27 bits per heavy atom. The maximum absolute atomic E-state index is 13.0. The van der Waals surface area contributed by atoms with Crippen LogP contribution in [0.15, 0.2) is 24.3 Å². The number of urea groups is 1. The molecule has 7 nitrogen and oxygen atoms in total. The highest BCUT2D eigenvalue weighted by molar-refractivity contribution is 6.10. The molecular formula is C23H30N4O3. The van der Waals surface area contributed by atoms with Crippen molar-refractivity contribution in [1.82, 2.24) is 14.8 Å². The third kappa shape index (κ3) is 3.36. The second kappa shape index (κ2) is 7.78. The van der Waals surface area contributed by atoms with Crippen molar-refractivity contribution in [3.05, 3.63) is 30.0 Å². The van der Waals surface area contributed by atoms with Gasteiger partial charge >= 0.3 is 6.03 Å². The lowest BCUT2D eigenvalue weighted by atomic mass is 9.73. The molecule has 4 amide bonds. The van der Waals surface area contributed by atoms with Crippen LogP contribution in [0.25, 0.3) is 10.9 Å². The van der Waals surface area contributed by atoms with Crippen molar-refractivity contribution >= 4 is 34.4 Å². The summed E-state index contributed by atoms with van der Waals surface area (Å²) in [5.41, 5.74) is 2.14. The van der Waals surface area contributed by atoms with Crippen molar-refractivity contribution in [3.8, 4) is 0 Å². The number of hydrogen-bond donors (Lipinski definition) is 2. The maximum Gasteiger partial charge on any atom is 0.325 e. The Bertz CT molecular complexity index is 1010. The minimum absolute atomic E-state index is 0.0774. The smallest absolute Gasteiger partial charge is 0.325 e. The van der Waals surface area contributed by atoms with Gasteiger partial charge in [0.25, 0.3) is 5.91 Å². The lowest BCUT2D eigenvalue weighted by molar-refractivity contribution is -0.136. The van der Waals surface area contributed by atoms with E-state index in [4.69, 9.17) is 0 Å². The number of aryl methyl sites for hydroxylation is 2. The van der Waals surface area contributed by atoms with Gasteiger partial charge in [0.1, 0.15) is 12.1 Å². The van der Waals surface area contributed by atoms with E-state index in [2.05, 4.69) is 35.1 Å². The van der Waals surface area contributed by atoms with Crippen molar-refractivity contribution in [3.63, 3.8) is 0 Å². The van der Waals surface area contributed by atoms with Crippen LogP contribution < -0.4 is 10.6 Å². The summed E-state index contributed by atoms with van der Waals surface area (Å²) >= 11 is 0. The van der Waals surface area contributed by atoms with E-state index in [1.165, 1.54) is 5.69 Å². The predicted octanol–water partition coefficient (Wildman–Crippen LogP) is 3.80. The van der Waals surface area contributed by atoms with Gasteiger partial charge in [-0.15, -0.1) is 0 Å². The minimum Gasteiger partial charge on any atom is -0.345 e. The molecule has 0 unspecified atom stereocenters. The highest BCUT2D eigenvalue weighted by Crippen LogP contribution is 2.38. The third-order valence-electron chi connectivity index (χ3n) is 6.64. The lowest BCUT2D eigenvalue weighted by Crippen LogP contribution is -2.54. The molecule has 2 heterocycles. The topological polar surface area (TPSA) is 83.4 Å². The summed E-state index contributed by atoms with van der Waals surface area (Å²) in [6, 6.07) is 7.43. The Balaban J connectivity index is 1.47. The number of hydrogen-bond acceptors (Lipinski definition) is 3. The van der Waals surface area contributed by atoms with E-state index in [0.717, 1.165) is 48.0 Å². The number of fused-ring (bicyclic) bond motifs is 1. The van der Waals surface area contributed by atoms with Crippen LogP contribution in [0, 0.1) is 12.8 Å². The number of carbonyl (C=O) groups excluding carboxylic acids is 3. The zero-order chi connectivity index (χ0) is 21.5. The molecule has 2 aliphatic rings. The first kappa shape index (κ1) is 20.4. The first-order valence-electron chi connectivity index (χ1n) is 10.9. The Morgan fingerprint density at radius 2 is 2.07 bits per heavy atom. The molecule has 30 heavy (non-hydrogen) atoms. The van der Waals surface area contributed by atoms with Crippen LogP contribution in [-0.4, -0.2) is 39.4 Å². The third-order valence-corrected chi connectivity index (χ3v) is 6.64. The average Bonchev–Trinajstić information content (AvgIpc) is 3.13. The van der Waals surface area contributed by atoms with E-state index in [9.17, 15) is 14.4 Å². The van der Waals surface area contributed by atoms with Gasteiger partial charge in [-0.25, -0.2) is 4.79 Å². The van der Waals surface area contributed by atoms with Crippen molar-refractivity contribution in [1.29, 1.82) is 0 Å². The summed E-state index contributed by atoms with van der Waals surface area (Å²) in [6.07, 6.45) is 4.57. The highest BCUT2D eigenvalue weighted by atomic mass is 16.2. The standard InChI is InChI=1S/C23H30N4O3/c1-4-11-26-16(3)12-17-13-18(8-9-19(17)26)24-20(28)14-27-21(29)23(25-22(27)30)10-6-5-7-15(23)2/h8-9,12-13,15H,4-7,10-11,14H2,1-3H3,(H,24,28)(H,25,30)/t15-,23-/m0/s1. The van der Waals surface area contributed by atoms with Crippen LogP contribution in [-0.2, 0) is 16.1 Å². The second-order valence-corrected chi connectivity index (χ2v) is 8.70. The number of benzene rings is 1. The largest absolute Gasteiger partial charge is 0.345 e. The van der Waals surface area contributed by atoms with E-state index < -0.39 is 11.6 Å². The molecule has 2 fully saturated rings.